The Hall–Kier alpha value is -0.850. The van der Waals surface area contributed by atoms with Gasteiger partial charge < -0.3 is 5.73 Å². The Kier molecular flexibility index (Phi) is 4.52. The third kappa shape index (κ3) is 4.07. The molecule has 0 radical (unpaired) electrons. The normalized spacial score (nSPS) is 11.8. The number of aromatic nitrogens is 1. The van der Waals surface area contributed by atoms with E-state index in [0.717, 1.165) is 24.3 Å². The fourth-order valence-corrected chi connectivity index (χ4v) is 1.54. The molecule has 0 spiro atoms. The fourth-order valence-electron chi connectivity index (χ4n) is 0.981. The number of thiazole rings is 1. The first-order valence-electron chi connectivity index (χ1n) is 4.45. The van der Waals surface area contributed by atoms with Crippen molar-refractivity contribution in [3.05, 3.63) is 16.6 Å². The Balaban J connectivity index is 2.32. The molecule has 1 heterocycles. The fraction of sp³-hybridized carbons (Fsp3) is 0.500. The highest BCUT2D eigenvalue weighted by Crippen LogP contribution is 2.03. The highest BCUT2D eigenvalue weighted by molar-refractivity contribution is 7.09. The topological polar surface area (TPSA) is 38.9 Å². The van der Waals surface area contributed by atoms with Crippen molar-refractivity contribution >= 4 is 11.3 Å². The molecule has 1 aromatic rings. The molecule has 0 aliphatic carbocycles. The van der Waals surface area contributed by atoms with E-state index in [4.69, 9.17) is 5.73 Å². The molecule has 1 rings (SSSR count). The van der Waals surface area contributed by atoms with E-state index in [0.29, 0.717) is 0 Å². The molecule has 1 unspecified atom stereocenters. The van der Waals surface area contributed by atoms with Crippen LogP contribution in [0.4, 0.5) is 0 Å². The molecule has 1 aromatic heterocycles. The second-order valence-electron chi connectivity index (χ2n) is 2.82. The maximum Gasteiger partial charge on any atom is 0.104 e. The van der Waals surface area contributed by atoms with Crippen LogP contribution in [0.1, 0.15) is 24.8 Å². The molecule has 2 N–H and O–H groups in total. The van der Waals surface area contributed by atoms with Gasteiger partial charge in [-0.15, -0.1) is 11.3 Å². The summed E-state index contributed by atoms with van der Waals surface area (Å²) in [6.45, 7) is 2.11. The van der Waals surface area contributed by atoms with Gasteiger partial charge in [-0.2, -0.15) is 0 Å². The van der Waals surface area contributed by atoms with Crippen LogP contribution in [0.3, 0.4) is 0 Å². The predicted octanol–water partition coefficient (Wildman–Crippen LogP) is 1.82. The van der Waals surface area contributed by atoms with Gasteiger partial charge in [0.1, 0.15) is 5.01 Å². The van der Waals surface area contributed by atoms with Gasteiger partial charge in [0.15, 0.2) is 0 Å². The van der Waals surface area contributed by atoms with Crippen molar-refractivity contribution in [3.8, 4) is 11.8 Å². The molecule has 70 valence electrons. The van der Waals surface area contributed by atoms with Crippen molar-refractivity contribution in [3.63, 3.8) is 0 Å². The molecule has 0 aromatic carbocycles. The van der Waals surface area contributed by atoms with Gasteiger partial charge in [-0.1, -0.05) is 25.2 Å². The molecule has 0 saturated carbocycles. The van der Waals surface area contributed by atoms with Crippen molar-refractivity contribution in [1.29, 1.82) is 0 Å². The van der Waals surface area contributed by atoms with Crippen LogP contribution in [0, 0.1) is 11.8 Å². The van der Waals surface area contributed by atoms with Crippen LogP contribution < -0.4 is 5.73 Å². The summed E-state index contributed by atoms with van der Waals surface area (Å²) in [6, 6.07) is 0.0324. The smallest absolute Gasteiger partial charge is 0.104 e. The lowest BCUT2D eigenvalue weighted by Gasteiger charge is -1.98. The first-order valence-corrected chi connectivity index (χ1v) is 5.33. The summed E-state index contributed by atoms with van der Waals surface area (Å²) in [5.41, 5.74) is 5.73. The number of hydrogen-bond acceptors (Lipinski definition) is 3. The maximum absolute atomic E-state index is 5.73. The van der Waals surface area contributed by atoms with Gasteiger partial charge in [0.25, 0.3) is 0 Å². The summed E-state index contributed by atoms with van der Waals surface area (Å²) in [4.78, 5) is 4.13. The van der Waals surface area contributed by atoms with E-state index < -0.39 is 0 Å². The SMILES string of the molecule is CCCC(N)C#CCc1nccs1. The van der Waals surface area contributed by atoms with E-state index in [9.17, 15) is 0 Å². The molecule has 0 amide bonds. The van der Waals surface area contributed by atoms with Crippen LogP contribution in [-0.4, -0.2) is 11.0 Å². The first-order chi connectivity index (χ1) is 6.33. The summed E-state index contributed by atoms with van der Waals surface area (Å²) in [6.07, 6.45) is 4.60. The third-order valence-corrected chi connectivity index (χ3v) is 2.39. The van der Waals surface area contributed by atoms with Crippen molar-refractivity contribution in [2.24, 2.45) is 5.73 Å². The van der Waals surface area contributed by atoms with Crippen LogP contribution in [-0.2, 0) is 6.42 Å². The van der Waals surface area contributed by atoms with Crippen LogP contribution >= 0.6 is 11.3 Å². The minimum absolute atomic E-state index is 0.0324. The lowest BCUT2D eigenvalue weighted by molar-refractivity contribution is 0.720. The second-order valence-corrected chi connectivity index (χ2v) is 3.80. The zero-order valence-electron chi connectivity index (χ0n) is 7.79. The molecule has 0 bridgehead atoms. The van der Waals surface area contributed by atoms with Gasteiger partial charge in [-0.25, -0.2) is 4.98 Å². The highest BCUT2D eigenvalue weighted by Gasteiger charge is 1.94. The number of hydrogen-bond donors (Lipinski definition) is 1. The Morgan fingerprint density at radius 3 is 3.15 bits per heavy atom. The molecule has 0 aliphatic rings. The van der Waals surface area contributed by atoms with Crippen LogP contribution in [0.15, 0.2) is 11.6 Å². The molecular weight excluding hydrogens is 180 g/mol. The molecule has 0 fully saturated rings. The Morgan fingerprint density at radius 1 is 1.69 bits per heavy atom. The second kappa shape index (κ2) is 5.74. The molecular formula is C10H14N2S. The number of nitrogens with two attached hydrogens (primary N) is 1. The molecule has 1 atom stereocenters. The third-order valence-electron chi connectivity index (χ3n) is 1.61. The van der Waals surface area contributed by atoms with Crippen molar-refractivity contribution in [2.75, 3.05) is 0 Å². The summed E-state index contributed by atoms with van der Waals surface area (Å²) in [7, 11) is 0. The van der Waals surface area contributed by atoms with E-state index in [1.54, 1.807) is 17.5 Å². The van der Waals surface area contributed by atoms with Gasteiger partial charge in [0, 0.05) is 11.6 Å². The number of nitrogens with zero attached hydrogens (tertiary/aromatic N) is 1. The average molecular weight is 194 g/mol. The van der Waals surface area contributed by atoms with Gasteiger partial charge in [0.2, 0.25) is 0 Å². The minimum atomic E-state index is 0.0324. The highest BCUT2D eigenvalue weighted by atomic mass is 32.1. The molecule has 2 nitrogen and oxygen atoms in total. The summed E-state index contributed by atoms with van der Waals surface area (Å²) in [5.74, 6) is 6.06. The average Bonchev–Trinajstić information content (AvgIpc) is 2.57. The lowest BCUT2D eigenvalue weighted by Crippen LogP contribution is -2.16. The quantitative estimate of drug-likeness (QED) is 0.745. The molecule has 13 heavy (non-hydrogen) atoms. The Bertz CT molecular complexity index is 282. The van der Waals surface area contributed by atoms with E-state index in [2.05, 4.69) is 23.7 Å². The van der Waals surface area contributed by atoms with E-state index in [-0.39, 0.29) is 6.04 Å². The van der Waals surface area contributed by atoms with Gasteiger partial charge in [-0.05, 0) is 6.42 Å². The van der Waals surface area contributed by atoms with Gasteiger partial charge in [0.05, 0.1) is 12.5 Å². The van der Waals surface area contributed by atoms with E-state index in [1.165, 1.54) is 0 Å². The molecule has 3 heteroatoms. The van der Waals surface area contributed by atoms with Gasteiger partial charge in [-0.3, -0.25) is 0 Å². The Morgan fingerprint density at radius 2 is 2.54 bits per heavy atom. The molecule has 0 saturated heterocycles. The maximum atomic E-state index is 5.73. The predicted molar refractivity (Wildman–Crippen MR) is 56.5 cm³/mol. The Labute approximate surface area is 83.2 Å². The lowest BCUT2D eigenvalue weighted by atomic mass is 10.2. The zero-order valence-corrected chi connectivity index (χ0v) is 8.60. The van der Waals surface area contributed by atoms with Crippen molar-refractivity contribution < 1.29 is 0 Å². The largest absolute Gasteiger partial charge is 0.318 e. The van der Waals surface area contributed by atoms with Crippen molar-refractivity contribution in [2.45, 2.75) is 32.2 Å². The monoisotopic (exact) mass is 194 g/mol. The summed E-state index contributed by atoms with van der Waals surface area (Å²) < 4.78 is 0. The first kappa shape index (κ1) is 10.2. The van der Waals surface area contributed by atoms with E-state index in [1.807, 2.05) is 5.38 Å². The van der Waals surface area contributed by atoms with Crippen LogP contribution in [0.2, 0.25) is 0 Å². The van der Waals surface area contributed by atoms with E-state index >= 15 is 0 Å². The number of rotatable bonds is 3. The van der Waals surface area contributed by atoms with Gasteiger partial charge >= 0.3 is 0 Å². The van der Waals surface area contributed by atoms with Crippen molar-refractivity contribution in [1.82, 2.24) is 4.98 Å². The summed E-state index contributed by atoms with van der Waals surface area (Å²) in [5, 5.41) is 3.03. The standard InChI is InChI=1S/C10H14N2S/c1-2-4-9(11)5-3-6-10-12-7-8-13-10/h7-9H,2,4,6,11H2,1H3. The molecule has 0 aliphatic heterocycles. The summed E-state index contributed by atoms with van der Waals surface area (Å²) >= 11 is 1.63. The van der Waals surface area contributed by atoms with Crippen LogP contribution in [0.25, 0.3) is 0 Å². The zero-order chi connectivity index (χ0) is 9.52. The van der Waals surface area contributed by atoms with Crippen LogP contribution in [0.5, 0.6) is 0 Å². The minimum Gasteiger partial charge on any atom is -0.318 e.